The summed E-state index contributed by atoms with van der Waals surface area (Å²) < 4.78 is 0. The zero-order valence-corrected chi connectivity index (χ0v) is 19.7. The molecule has 13 nitrogen and oxygen atoms in total. The highest BCUT2D eigenvalue weighted by molar-refractivity contribution is 7.98. The number of aliphatic hydroxyl groups is 1. The maximum absolute atomic E-state index is 12.8. The quantitative estimate of drug-likeness (QED) is 0.0956. The van der Waals surface area contributed by atoms with Crippen LogP contribution >= 0.6 is 11.8 Å². The molecule has 0 saturated heterocycles. The van der Waals surface area contributed by atoms with Gasteiger partial charge in [-0.05, 0) is 51.2 Å². The fourth-order valence-electron chi connectivity index (χ4n) is 2.76. The second-order valence-electron chi connectivity index (χ2n) is 7.53. The molecule has 0 radical (unpaired) electrons. The first kappa shape index (κ1) is 30.6. The lowest BCUT2D eigenvalue weighted by Crippen LogP contribution is -2.60. The van der Waals surface area contributed by atoms with Gasteiger partial charge in [0, 0.05) is 0 Å². The standard InChI is InChI=1S/C19H36N6O7S/c1-10(26)15(25-16(28)11(21)9-14(22)27)18(30)23-12(5-3-4-7-20)17(29)24-13(19(31)32)6-8-33-2/h10-13,15,26H,3-9,20-21H2,1-2H3,(H2,22,27)(H,23,30)(H,24,29)(H,25,28)(H,31,32). The van der Waals surface area contributed by atoms with Crippen molar-refractivity contribution in [3.05, 3.63) is 0 Å². The van der Waals surface area contributed by atoms with Gasteiger partial charge in [-0.15, -0.1) is 0 Å². The van der Waals surface area contributed by atoms with Crippen molar-refractivity contribution >= 4 is 41.4 Å². The van der Waals surface area contributed by atoms with Crippen LogP contribution in [0.4, 0.5) is 0 Å². The van der Waals surface area contributed by atoms with Gasteiger partial charge in [-0.3, -0.25) is 19.2 Å². The SMILES string of the molecule is CSCCC(NC(=O)C(CCCCN)NC(=O)C(NC(=O)C(N)CC(N)=O)C(C)O)C(=O)O. The van der Waals surface area contributed by atoms with Gasteiger partial charge in [-0.25, -0.2) is 4.79 Å². The molecule has 0 aliphatic rings. The van der Waals surface area contributed by atoms with Gasteiger partial charge in [0.2, 0.25) is 23.6 Å². The van der Waals surface area contributed by atoms with Gasteiger partial charge in [0.1, 0.15) is 18.1 Å². The van der Waals surface area contributed by atoms with E-state index in [1.165, 1.54) is 18.7 Å². The van der Waals surface area contributed by atoms with Crippen LogP contribution in [0, 0.1) is 0 Å². The molecule has 14 heteroatoms. The Balaban J connectivity index is 5.41. The lowest BCUT2D eigenvalue weighted by Gasteiger charge is -2.26. The molecule has 0 aromatic rings. The summed E-state index contributed by atoms with van der Waals surface area (Å²) in [5.41, 5.74) is 16.0. The van der Waals surface area contributed by atoms with Crippen LogP contribution in [0.2, 0.25) is 0 Å². The van der Waals surface area contributed by atoms with E-state index in [1.807, 2.05) is 0 Å². The number of thioether (sulfide) groups is 1. The summed E-state index contributed by atoms with van der Waals surface area (Å²) in [5.74, 6) is -4.00. The average Bonchev–Trinajstić information content (AvgIpc) is 2.72. The number of carboxylic acids is 1. The Morgan fingerprint density at radius 2 is 1.55 bits per heavy atom. The highest BCUT2D eigenvalue weighted by atomic mass is 32.2. The molecule has 0 spiro atoms. The van der Waals surface area contributed by atoms with Crippen molar-refractivity contribution in [1.29, 1.82) is 0 Å². The molecule has 4 amide bonds. The van der Waals surface area contributed by atoms with E-state index >= 15 is 0 Å². The summed E-state index contributed by atoms with van der Waals surface area (Å²) in [5, 5.41) is 26.4. The predicted octanol–water partition coefficient (Wildman–Crippen LogP) is -3.01. The molecule has 11 N–H and O–H groups in total. The lowest BCUT2D eigenvalue weighted by molar-refractivity contribution is -0.142. The number of amides is 4. The number of carbonyl (C=O) groups is 5. The van der Waals surface area contributed by atoms with Crippen molar-refractivity contribution in [3.8, 4) is 0 Å². The van der Waals surface area contributed by atoms with Gasteiger partial charge in [0.15, 0.2) is 0 Å². The highest BCUT2D eigenvalue weighted by Gasteiger charge is 2.32. The zero-order chi connectivity index (χ0) is 25.6. The first-order chi connectivity index (χ1) is 15.4. The number of unbranched alkanes of at least 4 members (excludes halogenated alkanes) is 1. The molecule has 0 saturated carbocycles. The molecule has 5 atom stereocenters. The first-order valence-electron chi connectivity index (χ1n) is 10.5. The molecule has 0 aliphatic heterocycles. The molecule has 0 rings (SSSR count). The van der Waals surface area contributed by atoms with Crippen molar-refractivity contribution < 1.29 is 34.2 Å². The number of rotatable bonds is 17. The normalized spacial score (nSPS) is 15.4. The molecule has 0 aliphatic carbocycles. The van der Waals surface area contributed by atoms with Crippen LogP contribution in [-0.4, -0.2) is 88.6 Å². The summed E-state index contributed by atoms with van der Waals surface area (Å²) in [6, 6.07) is -5.07. The van der Waals surface area contributed by atoms with E-state index in [9.17, 15) is 34.2 Å². The third-order valence-electron chi connectivity index (χ3n) is 4.63. The van der Waals surface area contributed by atoms with E-state index in [-0.39, 0.29) is 12.8 Å². The molecule has 0 aromatic heterocycles. The number of hydrogen-bond donors (Lipinski definition) is 8. The van der Waals surface area contributed by atoms with E-state index in [0.29, 0.717) is 25.1 Å². The van der Waals surface area contributed by atoms with Gasteiger partial charge in [-0.1, -0.05) is 0 Å². The number of nitrogens with two attached hydrogens (primary N) is 3. The Bertz CT molecular complexity index is 679. The molecule has 5 unspecified atom stereocenters. The third-order valence-corrected chi connectivity index (χ3v) is 5.27. The number of aliphatic carboxylic acids is 1. The smallest absolute Gasteiger partial charge is 0.326 e. The Labute approximate surface area is 196 Å². The van der Waals surface area contributed by atoms with Gasteiger partial charge in [0.05, 0.1) is 18.6 Å². The van der Waals surface area contributed by atoms with E-state index in [1.54, 1.807) is 6.26 Å². The number of aliphatic hydroxyl groups excluding tert-OH is 1. The monoisotopic (exact) mass is 492 g/mol. The van der Waals surface area contributed by atoms with Crippen LogP contribution in [0.1, 0.15) is 39.0 Å². The largest absolute Gasteiger partial charge is 0.480 e. The van der Waals surface area contributed by atoms with E-state index in [0.717, 1.165) is 0 Å². The molecule has 0 aromatic carbocycles. The van der Waals surface area contributed by atoms with Gasteiger partial charge in [0.25, 0.3) is 0 Å². The second kappa shape index (κ2) is 16.2. The third kappa shape index (κ3) is 12.4. The van der Waals surface area contributed by atoms with Crippen LogP contribution < -0.4 is 33.2 Å². The fraction of sp³-hybridized carbons (Fsp3) is 0.737. The Morgan fingerprint density at radius 1 is 0.939 bits per heavy atom. The summed E-state index contributed by atoms with van der Waals surface area (Å²) in [6.45, 7) is 1.61. The van der Waals surface area contributed by atoms with Crippen molar-refractivity contribution in [1.82, 2.24) is 16.0 Å². The maximum atomic E-state index is 12.8. The van der Waals surface area contributed by atoms with Crippen LogP contribution in [0.25, 0.3) is 0 Å². The van der Waals surface area contributed by atoms with Crippen molar-refractivity contribution in [3.63, 3.8) is 0 Å². The molecule has 0 bridgehead atoms. The minimum absolute atomic E-state index is 0.158. The topological polar surface area (TPSA) is 240 Å². The highest BCUT2D eigenvalue weighted by Crippen LogP contribution is 2.06. The van der Waals surface area contributed by atoms with E-state index in [4.69, 9.17) is 17.2 Å². The van der Waals surface area contributed by atoms with E-state index < -0.39 is 66.3 Å². The van der Waals surface area contributed by atoms with Crippen LogP contribution in [0.15, 0.2) is 0 Å². The Kier molecular flexibility index (Phi) is 15.0. The summed E-state index contributed by atoms with van der Waals surface area (Å²) in [4.78, 5) is 60.1. The van der Waals surface area contributed by atoms with Gasteiger partial charge < -0.3 is 43.4 Å². The number of carboxylic acid groups (broad SMARTS) is 1. The Morgan fingerprint density at radius 3 is 2.03 bits per heavy atom. The predicted molar refractivity (Wildman–Crippen MR) is 123 cm³/mol. The van der Waals surface area contributed by atoms with E-state index in [2.05, 4.69) is 16.0 Å². The molecule has 33 heavy (non-hydrogen) atoms. The van der Waals surface area contributed by atoms with Crippen LogP contribution in [-0.2, 0) is 24.0 Å². The fourth-order valence-corrected chi connectivity index (χ4v) is 3.23. The number of primary amides is 1. The van der Waals surface area contributed by atoms with Crippen molar-refractivity contribution in [2.24, 2.45) is 17.2 Å². The molecule has 0 heterocycles. The van der Waals surface area contributed by atoms with Crippen molar-refractivity contribution in [2.75, 3.05) is 18.6 Å². The molecule has 0 fully saturated rings. The minimum Gasteiger partial charge on any atom is -0.480 e. The first-order valence-corrected chi connectivity index (χ1v) is 11.9. The van der Waals surface area contributed by atoms with Crippen molar-refractivity contribution in [2.45, 2.75) is 69.3 Å². The maximum Gasteiger partial charge on any atom is 0.326 e. The lowest BCUT2D eigenvalue weighted by atomic mass is 10.1. The molecule has 190 valence electrons. The number of carbonyl (C=O) groups excluding carboxylic acids is 4. The van der Waals surface area contributed by atoms with Crippen LogP contribution in [0.5, 0.6) is 0 Å². The van der Waals surface area contributed by atoms with Gasteiger partial charge in [-0.2, -0.15) is 11.8 Å². The molecular weight excluding hydrogens is 456 g/mol. The minimum atomic E-state index is -1.48. The summed E-state index contributed by atoms with van der Waals surface area (Å²) >= 11 is 1.42. The second-order valence-corrected chi connectivity index (χ2v) is 8.52. The Hall–Kier alpha value is -2.42. The zero-order valence-electron chi connectivity index (χ0n) is 18.9. The average molecular weight is 493 g/mol. The number of hydrogen-bond acceptors (Lipinski definition) is 9. The number of nitrogens with one attached hydrogen (secondary N) is 3. The van der Waals surface area contributed by atoms with Gasteiger partial charge >= 0.3 is 5.97 Å². The molecular formula is C19H36N6O7S. The van der Waals surface area contributed by atoms with Crippen LogP contribution in [0.3, 0.4) is 0 Å². The summed E-state index contributed by atoms with van der Waals surface area (Å²) in [6.07, 6.45) is 1.35. The summed E-state index contributed by atoms with van der Waals surface area (Å²) in [7, 11) is 0.